The molecule has 1 atom stereocenters. The van der Waals surface area contributed by atoms with Crippen LogP contribution in [0.1, 0.15) is 11.6 Å². The SMILES string of the molecule is Cn1c(-c2ccncc2)nc2cc(C(N)CO)ccc21. The maximum Gasteiger partial charge on any atom is 0.140 e. The van der Waals surface area contributed by atoms with E-state index in [1.54, 1.807) is 12.4 Å². The van der Waals surface area contributed by atoms with Gasteiger partial charge in [-0.15, -0.1) is 0 Å². The van der Waals surface area contributed by atoms with Crippen LogP contribution in [0.2, 0.25) is 0 Å². The van der Waals surface area contributed by atoms with Gasteiger partial charge in [0.2, 0.25) is 0 Å². The van der Waals surface area contributed by atoms with E-state index >= 15 is 0 Å². The highest BCUT2D eigenvalue weighted by atomic mass is 16.3. The van der Waals surface area contributed by atoms with Crippen LogP contribution in [-0.4, -0.2) is 26.2 Å². The number of rotatable bonds is 3. The first-order chi connectivity index (χ1) is 9.70. The number of aliphatic hydroxyl groups is 1. The van der Waals surface area contributed by atoms with E-state index in [1.165, 1.54) is 0 Å². The molecule has 0 radical (unpaired) electrons. The van der Waals surface area contributed by atoms with E-state index in [4.69, 9.17) is 10.8 Å². The molecule has 0 aliphatic rings. The van der Waals surface area contributed by atoms with Gasteiger partial charge >= 0.3 is 0 Å². The van der Waals surface area contributed by atoms with Gasteiger partial charge in [-0.05, 0) is 29.8 Å². The molecule has 3 aromatic rings. The highest BCUT2D eigenvalue weighted by molar-refractivity contribution is 5.81. The van der Waals surface area contributed by atoms with Crippen LogP contribution in [-0.2, 0) is 7.05 Å². The summed E-state index contributed by atoms with van der Waals surface area (Å²) in [5.41, 5.74) is 9.67. The zero-order valence-corrected chi connectivity index (χ0v) is 11.2. The highest BCUT2D eigenvalue weighted by Gasteiger charge is 2.12. The van der Waals surface area contributed by atoms with Gasteiger partial charge in [0, 0.05) is 25.0 Å². The first kappa shape index (κ1) is 12.8. The molecule has 102 valence electrons. The number of pyridine rings is 1. The highest BCUT2D eigenvalue weighted by Crippen LogP contribution is 2.25. The predicted octanol–water partition coefficient (Wildman–Crippen LogP) is 1.63. The average Bonchev–Trinajstić information content (AvgIpc) is 2.84. The Labute approximate surface area is 116 Å². The van der Waals surface area contributed by atoms with Gasteiger partial charge in [0.25, 0.3) is 0 Å². The Hall–Kier alpha value is -2.24. The number of aliphatic hydroxyl groups excluding tert-OH is 1. The van der Waals surface area contributed by atoms with Crippen molar-refractivity contribution >= 4 is 11.0 Å². The topological polar surface area (TPSA) is 77.0 Å². The van der Waals surface area contributed by atoms with Gasteiger partial charge in [0.1, 0.15) is 5.82 Å². The number of nitrogens with zero attached hydrogens (tertiary/aromatic N) is 3. The van der Waals surface area contributed by atoms with E-state index in [-0.39, 0.29) is 12.6 Å². The second-order valence-electron chi connectivity index (χ2n) is 4.77. The Morgan fingerprint density at radius 3 is 2.70 bits per heavy atom. The molecule has 0 fully saturated rings. The lowest BCUT2D eigenvalue weighted by molar-refractivity contribution is 0.268. The van der Waals surface area contributed by atoms with Crippen molar-refractivity contribution < 1.29 is 5.11 Å². The predicted molar refractivity (Wildman–Crippen MR) is 78.0 cm³/mol. The van der Waals surface area contributed by atoms with Crippen LogP contribution in [0.15, 0.2) is 42.7 Å². The van der Waals surface area contributed by atoms with Gasteiger partial charge in [-0.1, -0.05) is 6.07 Å². The van der Waals surface area contributed by atoms with Crippen molar-refractivity contribution in [3.8, 4) is 11.4 Å². The van der Waals surface area contributed by atoms with Gasteiger partial charge < -0.3 is 15.4 Å². The Balaban J connectivity index is 2.15. The molecule has 2 heterocycles. The fraction of sp³-hybridized carbons (Fsp3) is 0.200. The van der Waals surface area contributed by atoms with Crippen molar-refractivity contribution in [2.24, 2.45) is 12.8 Å². The van der Waals surface area contributed by atoms with Crippen LogP contribution in [0.3, 0.4) is 0 Å². The van der Waals surface area contributed by atoms with Gasteiger partial charge in [-0.3, -0.25) is 4.98 Å². The van der Waals surface area contributed by atoms with Crippen LogP contribution >= 0.6 is 0 Å². The Bertz CT molecular complexity index is 736. The fourth-order valence-electron chi connectivity index (χ4n) is 2.31. The third-order valence-electron chi connectivity index (χ3n) is 3.47. The zero-order valence-electron chi connectivity index (χ0n) is 11.2. The smallest absolute Gasteiger partial charge is 0.140 e. The summed E-state index contributed by atoms with van der Waals surface area (Å²) >= 11 is 0. The molecule has 3 rings (SSSR count). The molecular formula is C15H16N4O. The van der Waals surface area contributed by atoms with Crippen molar-refractivity contribution in [2.45, 2.75) is 6.04 Å². The average molecular weight is 268 g/mol. The van der Waals surface area contributed by atoms with Crippen LogP contribution in [0.25, 0.3) is 22.4 Å². The number of aryl methyl sites for hydroxylation is 1. The molecule has 0 bridgehead atoms. The summed E-state index contributed by atoms with van der Waals surface area (Å²) in [4.78, 5) is 8.68. The molecule has 5 nitrogen and oxygen atoms in total. The van der Waals surface area contributed by atoms with Crippen molar-refractivity contribution in [3.05, 3.63) is 48.3 Å². The van der Waals surface area contributed by atoms with E-state index in [0.29, 0.717) is 0 Å². The molecular weight excluding hydrogens is 252 g/mol. The first-order valence-corrected chi connectivity index (χ1v) is 6.44. The first-order valence-electron chi connectivity index (χ1n) is 6.44. The molecule has 0 aliphatic heterocycles. The monoisotopic (exact) mass is 268 g/mol. The number of imidazole rings is 1. The number of hydrogen-bond donors (Lipinski definition) is 2. The van der Waals surface area contributed by atoms with Gasteiger partial charge in [-0.2, -0.15) is 0 Å². The second kappa shape index (κ2) is 5.03. The maximum atomic E-state index is 9.14. The number of benzene rings is 1. The lowest BCUT2D eigenvalue weighted by atomic mass is 10.1. The number of hydrogen-bond acceptors (Lipinski definition) is 4. The maximum absolute atomic E-state index is 9.14. The minimum Gasteiger partial charge on any atom is -0.394 e. The lowest BCUT2D eigenvalue weighted by Gasteiger charge is -2.07. The molecule has 5 heteroatoms. The number of aromatic nitrogens is 3. The molecule has 0 saturated carbocycles. The third kappa shape index (κ3) is 2.07. The van der Waals surface area contributed by atoms with E-state index in [0.717, 1.165) is 28.0 Å². The minimum absolute atomic E-state index is 0.0739. The minimum atomic E-state index is -0.370. The van der Waals surface area contributed by atoms with Crippen LogP contribution in [0, 0.1) is 0 Å². The summed E-state index contributed by atoms with van der Waals surface area (Å²) in [7, 11) is 1.98. The standard InChI is InChI=1S/C15H16N4O/c1-19-14-3-2-11(12(16)9-20)8-13(14)18-15(19)10-4-6-17-7-5-10/h2-8,12,20H,9,16H2,1H3. The van der Waals surface area contributed by atoms with E-state index in [2.05, 4.69) is 9.97 Å². The Morgan fingerprint density at radius 1 is 1.25 bits per heavy atom. The van der Waals surface area contributed by atoms with E-state index in [9.17, 15) is 0 Å². The Kier molecular flexibility index (Phi) is 3.22. The molecule has 0 amide bonds. The molecule has 1 aromatic carbocycles. The molecule has 2 aromatic heterocycles. The third-order valence-corrected chi connectivity index (χ3v) is 3.47. The van der Waals surface area contributed by atoms with Crippen LogP contribution in [0.4, 0.5) is 0 Å². The largest absolute Gasteiger partial charge is 0.394 e. The van der Waals surface area contributed by atoms with Crippen molar-refractivity contribution in [2.75, 3.05) is 6.61 Å². The fourth-order valence-corrected chi connectivity index (χ4v) is 2.31. The van der Waals surface area contributed by atoms with Crippen LogP contribution in [0.5, 0.6) is 0 Å². The molecule has 20 heavy (non-hydrogen) atoms. The van der Waals surface area contributed by atoms with E-state index < -0.39 is 0 Å². The Morgan fingerprint density at radius 2 is 2.00 bits per heavy atom. The number of fused-ring (bicyclic) bond motifs is 1. The summed E-state index contributed by atoms with van der Waals surface area (Å²) in [5, 5.41) is 9.14. The summed E-state index contributed by atoms with van der Waals surface area (Å²) < 4.78 is 2.04. The van der Waals surface area contributed by atoms with Gasteiger partial charge in [-0.25, -0.2) is 4.98 Å². The summed E-state index contributed by atoms with van der Waals surface area (Å²) in [6, 6.07) is 9.34. The van der Waals surface area contributed by atoms with Crippen molar-refractivity contribution in [1.82, 2.24) is 14.5 Å². The van der Waals surface area contributed by atoms with Gasteiger partial charge in [0.05, 0.1) is 23.7 Å². The molecule has 0 aliphatic carbocycles. The summed E-state index contributed by atoms with van der Waals surface area (Å²) in [6.07, 6.45) is 3.50. The van der Waals surface area contributed by atoms with Crippen molar-refractivity contribution in [3.63, 3.8) is 0 Å². The normalized spacial score (nSPS) is 12.8. The van der Waals surface area contributed by atoms with Crippen LogP contribution < -0.4 is 5.73 Å². The molecule has 3 N–H and O–H groups in total. The van der Waals surface area contributed by atoms with Gasteiger partial charge in [0.15, 0.2) is 0 Å². The summed E-state index contributed by atoms with van der Waals surface area (Å²) in [6.45, 7) is -0.0739. The van der Waals surface area contributed by atoms with E-state index in [1.807, 2.05) is 41.9 Å². The lowest BCUT2D eigenvalue weighted by Crippen LogP contribution is -2.14. The van der Waals surface area contributed by atoms with Crippen molar-refractivity contribution in [1.29, 1.82) is 0 Å². The summed E-state index contributed by atoms with van der Waals surface area (Å²) in [5.74, 6) is 0.886. The quantitative estimate of drug-likeness (QED) is 0.757. The molecule has 0 saturated heterocycles. The number of nitrogens with two attached hydrogens (primary N) is 1. The zero-order chi connectivity index (χ0) is 14.1. The second-order valence-corrected chi connectivity index (χ2v) is 4.77. The molecule has 0 spiro atoms. The molecule has 1 unspecified atom stereocenters.